The van der Waals surface area contributed by atoms with Gasteiger partial charge in [0.25, 0.3) is 5.91 Å². The van der Waals surface area contributed by atoms with Gasteiger partial charge >= 0.3 is 0 Å². The average molecular weight is 410 g/mol. The number of anilines is 1. The molecule has 1 aromatic heterocycles. The zero-order chi connectivity index (χ0) is 20.4. The molecule has 2 heterocycles. The molecule has 29 heavy (non-hydrogen) atoms. The topological polar surface area (TPSA) is 92.5 Å². The zero-order valence-electron chi connectivity index (χ0n) is 15.2. The molecule has 0 bridgehead atoms. The van der Waals surface area contributed by atoms with Crippen LogP contribution in [0, 0.1) is 0 Å². The number of halogens is 1. The van der Waals surface area contributed by atoms with Gasteiger partial charge in [0.15, 0.2) is 11.5 Å². The summed E-state index contributed by atoms with van der Waals surface area (Å²) in [6.45, 7) is 0.234. The highest BCUT2D eigenvalue weighted by atomic mass is 35.5. The van der Waals surface area contributed by atoms with Crippen molar-refractivity contribution in [3.8, 4) is 11.3 Å². The molecule has 0 radical (unpaired) electrons. The molecule has 0 unspecified atom stereocenters. The van der Waals surface area contributed by atoms with Crippen LogP contribution in [0.5, 0.6) is 0 Å². The summed E-state index contributed by atoms with van der Waals surface area (Å²) in [7, 11) is 0. The van der Waals surface area contributed by atoms with Crippen LogP contribution in [-0.4, -0.2) is 27.8 Å². The van der Waals surface area contributed by atoms with Crippen LogP contribution in [-0.2, 0) is 16.1 Å². The van der Waals surface area contributed by atoms with E-state index in [9.17, 15) is 14.4 Å². The fourth-order valence-corrected chi connectivity index (χ4v) is 3.22. The monoisotopic (exact) mass is 409 g/mol. The molecule has 1 aliphatic heterocycles. The van der Waals surface area contributed by atoms with Gasteiger partial charge in [-0.05, 0) is 29.8 Å². The van der Waals surface area contributed by atoms with E-state index in [1.807, 2.05) is 6.07 Å². The van der Waals surface area contributed by atoms with E-state index in [1.165, 1.54) is 4.90 Å². The highest BCUT2D eigenvalue weighted by Crippen LogP contribution is 2.24. The second-order valence-electron chi connectivity index (χ2n) is 6.61. The predicted octanol–water partition coefficient (Wildman–Crippen LogP) is 3.90. The Kier molecular flexibility index (Phi) is 5.14. The van der Waals surface area contributed by atoms with Gasteiger partial charge in [-0.25, -0.2) is 0 Å². The van der Waals surface area contributed by atoms with Crippen LogP contribution in [0.15, 0.2) is 59.1 Å². The first-order valence-corrected chi connectivity index (χ1v) is 9.33. The number of hydrogen-bond acceptors (Lipinski definition) is 5. The van der Waals surface area contributed by atoms with Crippen molar-refractivity contribution in [2.45, 2.75) is 19.4 Å². The van der Waals surface area contributed by atoms with E-state index >= 15 is 0 Å². The summed E-state index contributed by atoms with van der Waals surface area (Å²) in [5, 5.41) is 7.10. The van der Waals surface area contributed by atoms with Crippen molar-refractivity contribution in [1.82, 2.24) is 10.1 Å². The fourth-order valence-electron chi connectivity index (χ4n) is 3.03. The Morgan fingerprint density at radius 1 is 1.07 bits per heavy atom. The number of likely N-dealkylation sites (tertiary alicyclic amines) is 1. The molecule has 0 atom stereocenters. The number of nitrogens with one attached hydrogen (secondary N) is 1. The summed E-state index contributed by atoms with van der Waals surface area (Å²) < 4.78 is 5.24. The van der Waals surface area contributed by atoms with Gasteiger partial charge < -0.3 is 9.84 Å². The first-order chi connectivity index (χ1) is 14.0. The number of nitrogens with zero attached hydrogens (tertiary/aromatic N) is 2. The lowest BCUT2D eigenvalue weighted by atomic mass is 10.1. The number of imide groups is 1. The molecule has 4 rings (SSSR count). The first-order valence-electron chi connectivity index (χ1n) is 8.96. The smallest absolute Gasteiger partial charge is 0.277 e. The highest BCUT2D eigenvalue weighted by molar-refractivity contribution is 6.30. The fraction of sp³-hybridized carbons (Fsp3) is 0.143. The molecule has 0 saturated carbocycles. The summed E-state index contributed by atoms with van der Waals surface area (Å²) >= 11 is 5.97. The number of amides is 3. The highest BCUT2D eigenvalue weighted by Gasteiger charge is 2.28. The SMILES string of the molecule is O=C(Nc1ccc(CN2C(=O)CCC2=O)cc1)c1cc(-c2cccc(Cl)c2)on1. The maximum Gasteiger partial charge on any atom is 0.277 e. The molecule has 1 saturated heterocycles. The van der Waals surface area contributed by atoms with Crippen molar-refractivity contribution in [3.05, 3.63) is 70.9 Å². The lowest BCUT2D eigenvalue weighted by Gasteiger charge is -2.14. The van der Waals surface area contributed by atoms with Crippen LogP contribution < -0.4 is 5.32 Å². The Bertz CT molecular complexity index is 1080. The lowest BCUT2D eigenvalue weighted by molar-refractivity contribution is -0.139. The normalized spacial score (nSPS) is 13.8. The molecule has 3 aromatic rings. The largest absolute Gasteiger partial charge is 0.355 e. The standard InChI is InChI=1S/C21H16ClN3O4/c22-15-3-1-2-14(10-15)18-11-17(24-29-18)21(28)23-16-6-4-13(5-7-16)12-25-19(26)8-9-20(25)27/h1-7,10-11H,8-9,12H2,(H,23,28). The van der Waals surface area contributed by atoms with Gasteiger partial charge in [-0.2, -0.15) is 0 Å². The number of benzene rings is 2. The molecular formula is C21H16ClN3O4. The van der Waals surface area contributed by atoms with E-state index < -0.39 is 5.91 Å². The van der Waals surface area contributed by atoms with Crippen molar-refractivity contribution in [2.24, 2.45) is 0 Å². The zero-order valence-corrected chi connectivity index (χ0v) is 16.0. The maximum atomic E-state index is 12.4. The van der Waals surface area contributed by atoms with Crippen molar-refractivity contribution < 1.29 is 18.9 Å². The van der Waals surface area contributed by atoms with Gasteiger partial charge in [0.05, 0.1) is 6.54 Å². The van der Waals surface area contributed by atoms with Crippen LogP contribution in [0.4, 0.5) is 5.69 Å². The molecule has 8 heteroatoms. The van der Waals surface area contributed by atoms with E-state index in [2.05, 4.69) is 10.5 Å². The summed E-state index contributed by atoms with van der Waals surface area (Å²) in [5.74, 6) is -0.296. The van der Waals surface area contributed by atoms with Gasteiger partial charge in [0.2, 0.25) is 11.8 Å². The van der Waals surface area contributed by atoms with Crippen molar-refractivity contribution in [2.75, 3.05) is 5.32 Å². The Balaban J connectivity index is 1.41. The van der Waals surface area contributed by atoms with Gasteiger partial charge in [0.1, 0.15) is 0 Å². The van der Waals surface area contributed by atoms with E-state index in [0.29, 0.717) is 16.5 Å². The molecule has 146 valence electrons. The summed E-state index contributed by atoms with van der Waals surface area (Å²) in [6, 6.07) is 15.5. The molecule has 0 aliphatic carbocycles. The Hall–Kier alpha value is -3.45. The van der Waals surface area contributed by atoms with Crippen LogP contribution in [0.3, 0.4) is 0 Å². The number of carbonyl (C=O) groups excluding carboxylic acids is 3. The minimum Gasteiger partial charge on any atom is -0.355 e. The van der Waals surface area contributed by atoms with Gasteiger partial charge in [-0.15, -0.1) is 0 Å². The van der Waals surface area contributed by atoms with Crippen LogP contribution in [0.2, 0.25) is 5.02 Å². The quantitative estimate of drug-likeness (QED) is 0.645. The first kappa shape index (κ1) is 18.9. The third-order valence-corrected chi connectivity index (χ3v) is 4.79. The number of rotatable bonds is 5. The van der Waals surface area contributed by atoms with Crippen LogP contribution in [0.1, 0.15) is 28.9 Å². The van der Waals surface area contributed by atoms with Crippen molar-refractivity contribution in [3.63, 3.8) is 0 Å². The lowest BCUT2D eigenvalue weighted by Crippen LogP contribution is -2.28. The maximum absolute atomic E-state index is 12.4. The third-order valence-electron chi connectivity index (χ3n) is 4.56. The predicted molar refractivity (Wildman–Crippen MR) is 106 cm³/mol. The molecule has 1 fully saturated rings. The van der Waals surface area contributed by atoms with E-state index in [4.69, 9.17) is 16.1 Å². The Morgan fingerprint density at radius 2 is 1.79 bits per heavy atom. The van der Waals surface area contributed by atoms with Crippen LogP contribution in [0.25, 0.3) is 11.3 Å². The van der Waals surface area contributed by atoms with Crippen molar-refractivity contribution >= 4 is 35.0 Å². The minimum absolute atomic E-state index is 0.136. The number of hydrogen-bond donors (Lipinski definition) is 1. The second kappa shape index (κ2) is 7.89. The Labute approximate surface area is 171 Å². The number of carbonyl (C=O) groups is 3. The minimum atomic E-state index is -0.417. The van der Waals surface area contributed by atoms with E-state index in [-0.39, 0.29) is 36.9 Å². The molecule has 7 nitrogen and oxygen atoms in total. The number of aromatic nitrogens is 1. The molecule has 0 spiro atoms. The molecule has 3 amide bonds. The van der Waals surface area contributed by atoms with Gasteiger partial charge in [-0.3, -0.25) is 19.3 Å². The molecule has 2 aromatic carbocycles. The molecule has 1 aliphatic rings. The van der Waals surface area contributed by atoms with Crippen molar-refractivity contribution in [1.29, 1.82) is 0 Å². The molecule has 1 N–H and O–H groups in total. The third kappa shape index (κ3) is 4.20. The van der Waals surface area contributed by atoms with E-state index in [0.717, 1.165) is 11.1 Å². The van der Waals surface area contributed by atoms with E-state index in [1.54, 1.807) is 48.5 Å². The average Bonchev–Trinajstić information content (AvgIpc) is 3.32. The molecular weight excluding hydrogens is 394 g/mol. The summed E-state index contributed by atoms with van der Waals surface area (Å²) in [5.41, 5.74) is 2.22. The van der Waals surface area contributed by atoms with Crippen LogP contribution >= 0.6 is 11.6 Å². The van der Waals surface area contributed by atoms with Gasteiger partial charge in [0, 0.05) is 35.2 Å². The second-order valence-corrected chi connectivity index (χ2v) is 7.05. The summed E-state index contributed by atoms with van der Waals surface area (Å²) in [6.07, 6.45) is 0.531. The van der Waals surface area contributed by atoms with Gasteiger partial charge in [-0.1, -0.05) is 41.0 Å². The Morgan fingerprint density at radius 3 is 2.48 bits per heavy atom. The summed E-state index contributed by atoms with van der Waals surface area (Å²) in [4.78, 5) is 37.1.